The summed E-state index contributed by atoms with van der Waals surface area (Å²) in [6.45, 7) is 2.16. The van der Waals surface area contributed by atoms with Crippen LogP contribution in [0.15, 0.2) is 58.5 Å². The summed E-state index contributed by atoms with van der Waals surface area (Å²) in [7, 11) is 1.57. The largest absolute Gasteiger partial charge is 0.496 e. The molecule has 0 unspecified atom stereocenters. The van der Waals surface area contributed by atoms with E-state index in [9.17, 15) is 14.4 Å². The molecule has 0 atom stereocenters. The molecule has 0 bridgehead atoms. The fourth-order valence-electron chi connectivity index (χ4n) is 2.97. The van der Waals surface area contributed by atoms with Gasteiger partial charge in [0.25, 0.3) is 5.56 Å². The number of Topliss-reactive ketones (excluding diaryl/α,β-unsaturated/α-hetero) is 1. The molecular formula is C22H22N2O5S. The predicted molar refractivity (Wildman–Crippen MR) is 115 cm³/mol. The minimum Gasteiger partial charge on any atom is -0.496 e. The van der Waals surface area contributed by atoms with Gasteiger partial charge in [0.05, 0.1) is 36.9 Å². The highest BCUT2D eigenvalue weighted by Gasteiger charge is 2.16. The number of ketones is 1. The Hall–Kier alpha value is -3.13. The van der Waals surface area contributed by atoms with Crippen LogP contribution in [-0.2, 0) is 20.9 Å². The molecule has 0 N–H and O–H groups in total. The van der Waals surface area contributed by atoms with Crippen molar-refractivity contribution in [2.75, 3.05) is 19.5 Å². The van der Waals surface area contributed by atoms with Gasteiger partial charge in [-0.05, 0) is 25.1 Å². The number of nitrogens with zero attached hydrogens (tertiary/aromatic N) is 2. The second kappa shape index (κ2) is 10.1. The molecule has 0 saturated carbocycles. The smallest absolute Gasteiger partial charge is 0.313 e. The maximum absolute atomic E-state index is 13.2. The average molecular weight is 426 g/mol. The van der Waals surface area contributed by atoms with Gasteiger partial charge in [0.15, 0.2) is 10.9 Å². The summed E-state index contributed by atoms with van der Waals surface area (Å²) in [6, 6.07) is 14.5. The average Bonchev–Trinajstić information content (AvgIpc) is 2.75. The summed E-state index contributed by atoms with van der Waals surface area (Å²) in [5, 5.41) is 0.899. The van der Waals surface area contributed by atoms with Crippen LogP contribution >= 0.6 is 11.8 Å². The van der Waals surface area contributed by atoms with E-state index < -0.39 is 5.97 Å². The molecule has 0 aliphatic rings. The summed E-state index contributed by atoms with van der Waals surface area (Å²) in [6.07, 6.45) is -0.300. The molecule has 3 rings (SSSR count). The van der Waals surface area contributed by atoms with E-state index in [2.05, 4.69) is 4.98 Å². The predicted octanol–water partition coefficient (Wildman–Crippen LogP) is 3.07. The molecule has 7 nitrogen and oxygen atoms in total. The lowest BCUT2D eigenvalue weighted by Gasteiger charge is -2.15. The van der Waals surface area contributed by atoms with E-state index in [0.717, 1.165) is 17.3 Å². The van der Waals surface area contributed by atoms with Crippen LogP contribution in [0.5, 0.6) is 5.75 Å². The molecule has 0 aliphatic carbocycles. The number of hydrogen-bond acceptors (Lipinski definition) is 7. The number of esters is 1. The van der Waals surface area contributed by atoms with E-state index in [1.54, 1.807) is 38.3 Å². The van der Waals surface area contributed by atoms with Gasteiger partial charge >= 0.3 is 5.97 Å². The van der Waals surface area contributed by atoms with E-state index in [-0.39, 0.29) is 36.7 Å². The standard InChI is InChI=1S/C22H22N2O5S/c1-3-29-20(26)12-16(25)14-30-22-23-18-10-6-5-9-17(18)21(27)24(22)13-15-8-4-7-11-19(15)28-2/h4-11H,3,12-14H2,1-2H3. The number of aromatic nitrogens is 2. The van der Waals surface area contributed by atoms with Gasteiger partial charge in [-0.2, -0.15) is 0 Å². The first-order chi connectivity index (χ1) is 14.5. The first kappa shape index (κ1) is 21.6. The second-order valence-corrected chi connectivity index (χ2v) is 7.37. The number of rotatable bonds is 9. The minimum absolute atomic E-state index is 0.00944. The van der Waals surface area contributed by atoms with E-state index in [0.29, 0.717) is 21.8 Å². The van der Waals surface area contributed by atoms with E-state index in [1.807, 2.05) is 24.3 Å². The van der Waals surface area contributed by atoms with Crippen molar-refractivity contribution in [3.63, 3.8) is 0 Å². The van der Waals surface area contributed by atoms with Gasteiger partial charge in [0, 0.05) is 5.56 Å². The third kappa shape index (κ3) is 5.07. The Morgan fingerprint density at radius 1 is 1.10 bits per heavy atom. The maximum atomic E-state index is 13.2. The zero-order valence-electron chi connectivity index (χ0n) is 16.8. The molecule has 30 heavy (non-hydrogen) atoms. The minimum atomic E-state index is -0.555. The summed E-state index contributed by atoms with van der Waals surface area (Å²) >= 11 is 1.13. The third-order valence-electron chi connectivity index (χ3n) is 4.36. The molecule has 2 aromatic carbocycles. The summed E-state index contributed by atoms with van der Waals surface area (Å²) in [5.41, 5.74) is 1.17. The summed E-state index contributed by atoms with van der Waals surface area (Å²) in [5.74, 6) is -0.173. The number of benzene rings is 2. The van der Waals surface area contributed by atoms with Crippen LogP contribution in [0.3, 0.4) is 0 Å². The van der Waals surface area contributed by atoms with Gasteiger partial charge < -0.3 is 9.47 Å². The molecular weight excluding hydrogens is 404 g/mol. The third-order valence-corrected chi connectivity index (χ3v) is 5.39. The number of para-hydroxylation sites is 2. The van der Waals surface area contributed by atoms with Crippen molar-refractivity contribution in [1.29, 1.82) is 0 Å². The van der Waals surface area contributed by atoms with Crippen molar-refractivity contribution in [2.45, 2.75) is 25.0 Å². The molecule has 156 valence electrons. The number of hydrogen-bond donors (Lipinski definition) is 0. The van der Waals surface area contributed by atoms with Gasteiger partial charge in [-0.3, -0.25) is 19.0 Å². The first-order valence-corrected chi connectivity index (χ1v) is 10.4. The van der Waals surface area contributed by atoms with Gasteiger partial charge in [-0.1, -0.05) is 42.1 Å². The number of ether oxygens (including phenoxy) is 2. The lowest BCUT2D eigenvalue weighted by molar-refractivity contribution is -0.145. The topological polar surface area (TPSA) is 87.5 Å². The van der Waals surface area contributed by atoms with Crippen LogP contribution in [-0.4, -0.2) is 40.8 Å². The van der Waals surface area contributed by atoms with Gasteiger partial charge in [0.2, 0.25) is 0 Å². The van der Waals surface area contributed by atoms with Crippen LogP contribution in [0.25, 0.3) is 10.9 Å². The Labute approximate surface area is 178 Å². The number of fused-ring (bicyclic) bond motifs is 1. The lowest BCUT2D eigenvalue weighted by atomic mass is 10.2. The maximum Gasteiger partial charge on any atom is 0.313 e. The molecule has 1 heterocycles. The van der Waals surface area contributed by atoms with E-state index >= 15 is 0 Å². The highest BCUT2D eigenvalue weighted by atomic mass is 32.2. The number of carbonyl (C=O) groups excluding carboxylic acids is 2. The molecule has 0 radical (unpaired) electrons. The van der Waals surface area contributed by atoms with Crippen molar-refractivity contribution in [3.05, 3.63) is 64.4 Å². The van der Waals surface area contributed by atoms with Crippen LogP contribution in [0.1, 0.15) is 18.9 Å². The molecule has 8 heteroatoms. The summed E-state index contributed by atoms with van der Waals surface area (Å²) in [4.78, 5) is 41.5. The number of methoxy groups -OCH3 is 1. The lowest BCUT2D eigenvalue weighted by Crippen LogP contribution is -2.24. The van der Waals surface area contributed by atoms with Crippen molar-refractivity contribution < 1.29 is 19.1 Å². The van der Waals surface area contributed by atoms with E-state index in [1.165, 1.54) is 4.57 Å². The molecule has 0 amide bonds. The normalized spacial score (nSPS) is 10.7. The first-order valence-electron chi connectivity index (χ1n) is 9.45. The highest BCUT2D eigenvalue weighted by molar-refractivity contribution is 7.99. The SMILES string of the molecule is CCOC(=O)CC(=O)CSc1nc2ccccc2c(=O)n1Cc1ccccc1OC. The Bertz CT molecular complexity index is 1130. The Morgan fingerprint density at radius 2 is 1.83 bits per heavy atom. The molecule has 0 saturated heterocycles. The fraction of sp³-hybridized carbons (Fsp3) is 0.273. The summed E-state index contributed by atoms with van der Waals surface area (Å²) < 4.78 is 11.7. The van der Waals surface area contributed by atoms with Crippen molar-refractivity contribution in [2.24, 2.45) is 0 Å². The molecule has 3 aromatic rings. The molecule has 0 aliphatic heterocycles. The zero-order valence-corrected chi connectivity index (χ0v) is 17.6. The van der Waals surface area contributed by atoms with Crippen LogP contribution in [0.4, 0.5) is 0 Å². The van der Waals surface area contributed by atoms with E-state index in [4.69, 9.17) is 9.47 Å². The quantitative estimate of drug-likeness (QED) is 0.225. The Morgan fingerprint density at radius 3 is 2.60 bits per heavy atom. The Kier molecular flexibility index (Phi) is 7.24. The fourth-order valence-corrected chi connectivity index (χ4v) is 3.83. The van der Waals surface area contributed by atoms with Gasteiger partial charge in [-0.15, -0.1) is 0 Å². The van der Waals surface area contributed by atoms with Crippen LogP contribution < -0.4 is 10.3 Å². The van der Waals surface area contributed by atoms with Crippen LogP contribution in [0.2, 0.25) is 0 Å². The highest BCUT2D eigenvalue weighted by Crippen LogP contribution is 2.23. The van der Waals surface area contributed by atoms with Gasteiger partial charge in [-0.25, -0.2) is 4.98 Å². The molecule has 1 aromatic heterocycles. The van der Waals surface area contributed by atoms with Crippen molar-refractivity contribution in [3.8, 4) is 5.75 Å². The number of thioether (sulfide) groups is 1. The molecule has 0 spiro atoms. The second-order valence-electron chi connectivity index (χ2n) is 6.42. The monoisotopic (exact) mass is 426 g/mol. The zero-order chi connectivity index (χ0) is 21.5. The molecule has 0 fully saturated rings. The Balaban J connectivity index is 1.94. The van der Waals surface area contributed by atoms with Crippen molar-refractivity contribution in [1.82, 2.24) is 9.55 Å². The van der Waals surface area contributed by atoms with Crippen molar-refractivity contribution >= 4 is 34.4 Å². The van der Waals surface area contributed by atoms with Crippen LogP contribution in [0, 0.1) is 0 Å². The number of carbonyl (C=O) groups is 2. The van der Waals surface area contributed by atoms with Gasteiger partial charge in [0.1, 0.15) is 12.2 Å².